The van der Waals surface area contributed by atoms with E-state index in [0.29, 0.717) is 23.7 Å². The third-order valence-corrected chi connectivity index (χ3v) is 6.42. The monoisotopic (exact) mass is 440 g/mol. The van der Waals surface area contributed by atoms with E-state index in [1.807, 2.05) is 42.5 Å². The van der Waals surface area contributed by atoms with E-state index in [2.05, 4.69) is 16.8 Å². The van der Waals surface area contributed by atoms with Gasteiger partial charge in [-0.3, -0.25) is 9.69 Å². The average molecular weight is 441 g/mol. The van der Waals surface area contributed by atoms with Gasteiger partial charge in [-0.05, 0) is 30.8 Å². The number of hydrazone groups is 1. The first-order chi connectivity index (χ1) is 15.1. The Hall–Kier alpha value is -2.61. The van der Waals surface area contributed by atoms with Crippen molar-refractivity contribution < 1.29 is 14.3 Å². The zero-order valence-corrected chi connectivity index (χ0v) is 18.2. The van der Waals surface area contributed by atoms with Crippen molar-refractivity contribution in [2.75, 3.05) is 46.6 Å². The lowest BCUT2D eigenvalue weighted by Crippen LogP contribution is -2.48. The molecule has 0 aromatic heterocycles. The number of piperazine rings is 1. The molecule has 0 saturated carbocycles. The highest BCUT2D eigenvalue weighted by Crippen LogP contribution is 2.39. The molecule has 2 aromatic carbocycles. The van der Waals surface area contributed by atoms with Gasteiger partial charge in [-0.1, -0.05) is 35.9 Å². The van der Waals surface area contributed by atoms with E-state index in [-0.39, 0.29) is 18.7 Å². The molecule has 1 amide bonds. The van der Waals surface area contributed by atoms with Crippen molar-refractivity contribution in [2.45, 2.75) is 12.5 Å². The molecule has 1 fully saturated rings. The minimum absolute atomic E-state index is 0.00530. The first-order valence-electron chi connectivity index (χ1n) is 10.5. The van der Waals surface area contributed by atoms with Gasteiger partial charge in [-0.15, -0.1) is 0 Å². The Kier molecular flexibility index (Phi) is 5.56. The third-order valence-electron chi connectivity index (χ3n) is 6.09. The zero-order chi connectivity index (χ0) is 21.4. The van der Waals surface area contributed by atoms with Gasteiger partial charge in [0, 0.05) is 43.2 Å². The molecule has 1 atom stereocenters. The molecule has 2 aromatic rings. The first-order valence-corrected chi connectivity index (χ1v) is 10.9. The van der Waals surface area contributed by atoms with Crippen LogP contribution in [0.25, 0.3) is 0 Å². The third kappa shape index (κ3) is 4.13. The standard InChI is InChI=1S/C23H25ClN4O3/c1-26-8-10-27(11-9-26)14-23(29)28-20(16-6-7-21-22(12-16)31-15-30-21)13-19(25-28)17-4-2-3-5-18(17)24/h2-7,12,20H,8-11,13-15H2,1H3/t20-/m1/s1. The second kappa shape index (κ2) is 8.49. The number of benzene rings is 2. The lowest BCUT2D eigenvalue weighted by atomic mass is 9.98. The van der Waals surface area contributed by atoms with E-state index in [1.165, 1.54) is 0 Å². The summed E-state index contributed by atoms with van der Waals surface area (Å²) in [6.45, 7) is 4.27. The molecule has 3 aliphatic heterocycles. The number of ether oxygens (including phenoxy) is 2. The number of halogens is 1. The Balaban J connectivity index is 1.43. The van der Waals surface area contributed by atoms with Gasteiger partial charge in [0.15, 0.2) is 11.5 Å². The van der Waals surface area contributed by atoms with Crippen molar-refractivity contribution in [3.8, 4) is 11.5 Å². The van der Waals surface area contributed by atoms with Crippen LogP contribution in [0.2, 0.25) is 5.02 Å². The number of carbonyl (C=O) groups is 1. The molecule has 0 N–H and O–H groups in total. The van der Waals surface area contributed by atoms with Crippen LogP contribution in [-0.4, -0.2) is 73.0 Å². The molecule has 0 aliphatic carbocycles. The van der Waals surface area contributed by atoms with E-state index in [4.69, 9.17) is 26.2 Å². The molecular weight excluding hydrogens is 416 g/mol. The van der Waals surface area contributed by atoms with Gasteiger partial charge in [-0.25, -0.2) is 5.01 Å². The predicted octanol–water partition coefficient (Wildman–Crippen LogP) is 2.99. The van der Waals surface area contributed by atoms with E-state index in [9.17, 15) is 4.79 Å². The number of carbonyl (C=O) groups excluding carboxylic acids is 1. The lowest BCUT2D eigenvalue weighted by molar-refractivity contribution is -0.134. The molecule has 162 valence electrons. The number of likely N-dealkylation sites (N-methyl/N-ethyl adjacent to an activating group) is 1. The fourth-order valence-corrected chi connectivity index (χ4v) is 4.49. The fraction of sp³-hybridized carbons (Fsp3) is 0.391. The van der Waals surface area contributed by atoms with Crippen LogP contribution < -0.4 is 9.47 Å². The Morgan fingerprint density at radius 2 is 1.87 bits per heavy atom. The highest BCUT2D eigenvalue weighted by atomic mass is 35.5. The van der Waals surface area contributed by atoms with Crippen LogP contribution in [0.1, 0.15) is 23.6 Å². The summed E-state index contributed by atoms with van der Waals surface area (Å²) < 4.78 is 11.0. The minimum Gasteiger partial charge on any atom is -0.454 e. The Morgan fingerprint density at radius 1 is 1.10 bits per heavy atom. The second-order valence-electron chi connectivity index (χ2n) is 8.18. The molecule has 0 bridgehead atoms. The van der Waals surface area contributed by atoms with E-state index in [1.54, 1.807) is 5.01 Å². The molecule has 0 radical (unpaired) electrons. The average Bonchev–Trinajstić information content (AvgIpc) is 3.42. The maximum absolute atomic E-state index is 13.3. The second-order valence-corrected chi connectivity index (χ2v) is 8.58. The lowest BCUT2D eigenvalue weighted by Gasteiger charge is -2.33. The van der Waals surface area contributed by atoms with Crippen molar-refractivity contribution in [1.29, 1.82) is 0 Å². The van der Waals surface area contributed by atoms with Gasteiger partial charge in [0.2, 0.25) is 6.79 Å². The summed E-state index contributed by atoms with van der Waals surface area (Å²) >= 11 is 6.44. The molecule has 7 nitrogen and oxygen atoms in total. The molecule has 1 saturated heterocycles. The normalized spacial score (nSPS) is 21.4. The van der Waals surface area contributed by atoms with E-state index < -0.39 is 0 Å². The maximum Gasteiger partial charge on any atom is 0.257 e. The number of hydrogen-bond acceptors (Lipinski definition) is 6. The van der Waals surface area contributed by atoms with Gasteiger partial charge in [0.05, 0.1) is 18.3 Å². The summed E-state index contributed by atoms with van der Waals surface area (Å²) in [6, 6.07) is 13.3. The van der Waals surface area contributed by atoms with Crippen LogP contribution >= 0.6 is 11.6 Å². The van der Waals surface area contributed by atoms with Gasteiger partial charge < -0.3 is 14.4 Å². The van der Waals surface area contributed by atoms with Crippen molar-refractivity contribution in [3.05, 3.63) is 58.6 Å². The van der Waals surface area contributed by atoms with Gasteiger partial charge in [0.1, 0.15) is 0 Å². The number of nitrogens with zero attached hydrogens (tertiary/aromatic N) is 4. The van der Waals surface area contributed by atoms with Crippen LogP contribution in [0, 0.1) is 0 Å². The summed E-state index contributed by atoms with van der Waals surface area (Å²) in [4.78, 5) is 17.8. The largest absolute Gasteiger partial charge is 0.454 e. The summed E-state index contributed by atoms with van der Waals surface area (Å²) in [5.41, 5.74) is 2.66. The van der Waals surface area contributed by atoms with E-state index in [0.717, 1.165) is 48.8 Å². The first kappa shape index (κ1) is 20.3. The van der Waals surface area contributed by atoms with Gasteiger partial charge in [-0.2, -0.15) is 5.10 Å². The topological polar surface area (TPSA) is 57.6 Å². The summed E-state index contributed by atoms with van der Waals surface area (Å²) in [5.74, 6) is 1.42. The van der Waals surface area contributed by atoms with Crippen molar-refractivity contribution in [1.82, 2.24) is 14.8 Å². The van der Waals surface area contributed by atoms with Crippen LogP contribution in [-0.2, 0) is 4.79 Å². The molecule has 5 rings (SSSR count). The minimum atomic E-state index is -0.208. The summed E-state index contributed by atoms with van der Waals surface area (Å²) in [5, 5.41) is 7.03. The SMILES string of the molecule is CN1CCN(CC(=O)N2N=C(c3ccccc3Cl)C[C@@H]2c2ccc3c(c2)OCO3)CC1. The molecule has 0 spiro atoms. The predicted molar refractivity (Wildman–Crippen MR) is 119 cm³/mol. The van der Waals surface area contributed by atoms with Crippen LogP contribution in [0.3, 0.4) is 0 Å². The molecule has 0 unspecified atom stereocenters. The van der Waals surface area contributed by atoms with Gasteiger partial charge in [0.25, 0.3) is 5.91 Å². The van der Waals surface area contributed by atoms with Crippen molar-refractivity contribution in [3.63, 3.8) is 0 Å². The number of fused-ring (bicyclic) bond motifs is 1. The van der Waals surface area contributed by atoms with Crippen LogP contribution in [0.5, 0.6) is 11.5 Å². The molecule has 3 heterocycles. The van der Waals surface area contributed by atoms with Crippen molar-refractivity contribution >= 4 is 23.2 Å². The van der Waals surface area contributed by atoms with Crippen molar-refractivity contribution in [2.24, 2.45) is 5.10 Å². The van der Waals surface area contributed by atoms with Gasteiger partial charge >= 0.3 is 0 Å². The molecule has 31 heavy (non-hydrogen) atoms. The maximum atomic E-state index is 13.3. The number of hydrogen-bond donors (Lipinski definition) is 0. The van der Waals surface area contributed by atoms with Crippen LogP contribution in [0.4, 0.5) is 0 Å². The number of rotatable bonds is 4. The zero-order valence-electron chi connectivity index (χ0n) is 17.5. The highest BCUT2D eigenvalue weighted by Gasteiger charge is 2.35. The Labute approximate surface area is 186 Å². The summed E-state index contributed by atoms with van der Waals surface area (Å²) in [7, 11) is 2.11. The molecular formula is C23H25ClN4O3. The Bertz CT molecular complexity index is 1020. The van der Waals surface area contributed by atoms with E-state index >= 15 is 0 Å². The Morgan fingerprint density at radius 3 is 2.68 bits per heavy atom. The quantitative estimate of drug-likeness (QED) is 0.731. The fourth-order valence-electron chi connectivity index (χ4n) is 4.25. The molecule has 8 heteroatoms. The smallest absolute Gasteiger partial charge is 0.257 e. The number of amides is 1. The van der Waals surface area contributed by atoms with Crippen LogP contribution in [0.15, 0.2) is 47.6 Å². The molecule has 3 aliphatic rings. The summed E-state index contributed by atoms with van der Waals surface area (Å²) in [6.07, 6.45) is 0.595. The highest BCUT2D eigenvalue weighted by molar-refractivity contribution is 6.34.